The zero-order valence-corrected chi connectivity index (χ0v) is 6.58. The molecule has 0 N–H and O–H groups in total. The van der Waals surface area contributed by atoms with E-state index >= 15 is 0 Å². The van der Waals surface area contributed by atoms with Crippen molar-refractivity contribution in [3.05, 3.63) is 24.0 Å². The first-order valence-corrected chi connectivity index (χ1v) is 3.48. The average molecular weight is 184 g/mol. The normalized spacial score (nSPS) is 9.69. The van der Waals surface area contributed by atoms with Gasteiger partial charge in [-0.05, 0) is 6.07 Å². The second-order valence-corrected chi connectivity index (χ2v) is 2.20. The van der Waals surface area contributed by atoms with Crippen LogP contribution in [-0.4, -0.2) is 11.6 Å². The van der Waals surface area contributed by atoms with Crippen LogP contribution in [0.4, 0.5) is 8.78 Å². The number of aromatic nitrogens is 1. The van der Waals surface area contributed by atoms with Crippen LogP contribution in [0.15, 0.2) is 18.5 Å². The molecule has 1 heterocycles. The molecule has 68 valence electrons. The summed E-state index contributed by atoms with van der Waals surface area (Å²) >= 11 is 0. The van der Waals surface area contributed by atoms with Crippen molar-refractivity contribution in [2.45, 2.75) is 13.0 Å². The maximum Gasteiger partial charge on any atom is 0.387 e. The van der Waals surface area contributed by atoms with E-state index in [9.17, 15) is 8.78 Å². The molecule has 1 rings (SSSR count). The Kier molecular flexibility index (Phi) is 3.15. The van der Waals surface area contributed by atoms with Crippen molar-refractivity contribution in [1.29, 1.82) is 5.26 Å². The quantitative estimate of drug-likeness (QED) is 0.718. The van der Waals surface area contributed by atoms with E-state index in [2.05, 4.69) is 9.72 Å². The lowest BCUT2D eigenvalue weighted by molar-refractivity contribution is -0.0506. The molecule has 0 atom stereocenters. The van der Waals surface area contributed by atoms with Gasteiger partial charge in [0.05, 0.1) is 18.7 Å². The van der Waals surface area contributed by atoms with Crippen LogP contribution in [0, 0.1) is 11.3 Å². The summed E-state index contributed by atoms with van der Waals surface area (Å²) in [6.07, 6.45) is 2.62. The molecule has 0 radical (unpaired) electrons. The fourth-order valence-electron chi connectivity index (χ4n) is 0.842. The van der Waals surface area contributed by atoms with Crippen molar-refractivity contribution in [2.75, 3.05) is 0 Å². The van der Waals surface area contributed by atoms with Gasteiger partial charge in [-0.2, -0.15) is 14.0 Å². The lowest BCUT2D eigenvalue weighted by atomic mass is 10.2. The largest absolute Gasteiger partial charge is 0.433 e. The van der Waals surface area contributed by atoms with Gasteiger partial charge in [0, 0.05) is 11.8 Å². The summed E-state index contributed by atoms with van der Waals surface area (Å²) in [5.41, 5.74) is 0.415. The number of halogens is 2. The topological polar surface area (TPSA) is 45.9 Å². The van der Waals surface area contributed by atoms with Crippen molar-refractivity contribution in [2.24, 2.45) is 0 Å². The van der Waals surface area contributed by atoms with Crippen molar-refractivity contribution in [1.82, 2.24) is 4.98 Å². The lowest BCUT2D eigenvalue weighted by Gasteiger charge is -2.06. The van der Waals surface area contributed by atoms with Gasteiger partial charge in [-0.25, -0.2) is 0 Å². The third kappa shape index (κ3) is 2.67. The standard InChI is InChI=1S/C8H6F2N2O/c9-8(10)13-7-5-12-4-2-6(7)1-3-11/h2,4-5,8H,1H2. The number of hydrogen-bond acceptors (Lipinski definition) is 3. The zero-order chi connectivity index (χ0) is 9.68. The predicted molar refractivity (Wildman–Crippen MR) is 40.2 cm³/mol. The highest BCUT2D eigenvalue weighted by Crippen LogP contribution is 2.18. The fourth-order valence-corrected chi connectivity index (χ4v) is 0.842. The third-order valence-corrected chi connectivity index (χ3v) is 1.36. The van der Waals surface area contributed by atoms with Crippen molar-refractivity contribution >= 4 is 0 Å². The van der Waals surface area contributed by atoms with E-state index in [1.165, 1.54) is 18.5 Å². The van der Waals surface area contributed by atoms with Gasteiger partial charge >= 0.3 is 6.61 Å². The maximum absolute atomic E-state index is 11.8. The molecule has 3 nitrogen and oxygen atoms in total. The van der Waals surface area contributed by atoms with E-state index in [1.807, 2.05) is 6.07 Å². The van der Waals surface area contributed by atoms with Gasteiger partial charge in [0.15, 0.2) is 0 Å². The first-order chi connectivity index (χ1) is 6.24. The summed E-state index contributed by atoms with van der Waals surface area (Å²) in [7, 11) is 0. The van der Waals surface area contributed by atoms with Gasteiger partial charge in [0.1, 0.15) is 5.75 Å². The molecule has 0 aromatic carbocycles. The second kappa shape index (κ2) is 4.36. The molecular weight excluding hydrogens is 178 g/mol. The lowest BCUT2D eigenvalue weighted by Crippen LogP contribution is -2.04. The molecule has 1 aromatic rings. The summed E-state index contributed by atoms with van der Waals surface area (Å²) in [5, 5.41) is 8.36. The number of nitrogens with zero attached hydrogens (tertiary/aromatic N) is 2. The van der Waals surface area contributed by atoms with Crippen LogP contribution in [0.5, 0.6) is 5.75 Å². The predicted octanol–water partition coefficient (Wildman–Crippen LogP) is 1.75. The molecule has 0 bridgehead atoms. The van der Waals surface area contributed by atoms with Gasteiger partial charge in [0.2, 0.25) is 0 Å². The highest BCUT2D eigenvalue weighted by atomic mass is 19.3. The van der Waals surface area contributed by atoms with Crippen LogP contribution < -0.4 is 4.74 Å². The van der Waals surface area contributed by atoms with E-state index in [0.29, 0.717) is 5.56 Å². The Bertz CT molecular complexity index is 322. The minimum absolute atomic E-state index is 0.0323. The van der Waals surface area contributed by atoms with Gasteiger partial charge in [-0.15, -0.1) is 0 Å². The first-order valence-electron chi connectivity index (χ1n) is 3.48. The zero-order valence-electron chi connectivity index (χ0n) is 6.58. The molecule has 0 saturated heterocycles. The van der Waals surface area contributed by atoms with Crippen LogP contribution in [0.25, 0.3) is 0 Å². The van der Waals surface area contributed by atoms with Gasteiger partial charge in [-0.3, -0.25) is 4.98 Å². The Balaban J connectivity index is 2.85. The summed E-state index contributed by atoms with van der Waals surface area (Å²) in [6.45, 7) is -2.89. The summed E-state index contributed by atoms with van der Waals surface area (Å²) < 4.78 is 27.8. The SMILES string of the molecule is N#CCc1ccncc1OC(F)F. The highest BCUT2D eigenvalue weighted by Gasteiger charge is 2.08. The highest BCUT2D eigenvalue weighted by molar-refractivity contribution is 5.31. The summed E-state index contributed by atoms with van der Waals surface area (Å²) in [4.78, 5) is 3.61. The van der Waals surface area contributed by atoms with Gasteiger partial charge in [0.25, 0.3) is 0 Å². The smallest absolute Gasteiger partial charge is 0.387 e. The van der Waals surface area contributed by atoms with Crippen molar-refractivity contribution in [3.8, 4) is 11.8 Å². The maximum atomic E-state index is 11.8. The van der Waals surface area contributed by atoms with Crippen LogP contribution in [0.2, 0.25) is 0 Å². The van der Waals surface area contributed by atoms with Crippen molar-refractivity contribution in [3.63, 3.8) is 0 Å². The number of pyridine rings is 1. The Morgan fingerprint density at radius 2 is 2.38 bits per heavy atom. The molecule has 0 amide bonds. The molecule has 0 spiro atoms. The molecule has 0 aliphatic heterocycles. The molecule has 13 heavy (non-hydrogen) atoms. The molecule has 1 aromatic heterocycles. The number of ether oxygens (including phenoxy) is 1. The average Bonchev–Trinajstić information content (AvgIpc) is 2.08. The monoisotopic (exact) mass is 184 g/mol. The Morgan fingerprint density at radius 1 is 1.62 bits per heavy atom. The Morgan fingerprint density at radius 3 is 3.00 bits per heavy atom. The minimum Gasteiger partial charge on any atom is -0.433 e. The minimum atomic E-state index is -2.89. The van der Waals surface area contributed by atoms with E-state index < -0.39 is 6.61 Å². The van der Waals surface area contributed by atoms with Crippen LogP contribution >= 0.6 is 0 Å². The molecule has 0 unspecified atom stereocenters. The van der Waals surface area contributed by atoms with E-state index in [0.717, 1.165) is 0 Å². The number of alkyl halides is 2. The Hall–Kier alpha value is -1.70. The van der Waals surface area contributed by atoms with Gasteiger partial charge < -0.3 is 4.74 Å². The number of hydrogen-bond donors (Lipinski definition) is 0. The van der Waals surface area contributed by atoms with E-state index in [4.69, 9.17) is 5.26 Å². The molecule has 0 saturated carbocycles. The number of rotatable bonds is 3. The van der Waals surface area contributed by atoms with E-state index in [-0.39, 0.29) is 12.2 Å². The van der Waals surface area contributed by atoms with Crippen LogP contribution in [-0.2, 0) is 6.42 Å². The van der Waals surface area contributed by atoms with Gasteiger partial charge in [-0.1, -0.05) is 0 Å². The van der Waals surface area contributed by atoms with Crippen molar-refractivity contribution < 1.29 is 13.5 Å². The van der Waals surface area contributed by atoms with E-state index in [1.54, 1.807) is 0 Å². The molecular formula is C8H6F2N2O. The summed E-state index contributed by atoms with van der Waals surface area (Å²) in [5.74, 6) is -0.0425. The molecule has 0 fully saturated rings. The Labute approximate surface area is 73.6 Å². The summed E-state index contributed by atoms with van der Waals surface area (Å²) in [6, 6.07) is 3.32. The number of nitriles is 1. The fraction of sp³-hybridized carbons (Fsp3) is 0.250. The van der Waals surface area contributed by atoms with Crippen LogP contribution in [0.3, 0.4) is 0 Å². The van der Waals surface area contributed by atoms with Crippen LogP contribution in [0.1, 0.15) is 5.56 Å². The molecule has 0 aliphatic rings. The molecule has 0 aliphatic carbocycles. The third-order valence-electron chi connectivity index (χ3n) is 1.36. The first kappa shape index (κ1) is 9.39. The molecule has 5 heteroatoms. The second-order valence-electron chi connectivity index (χ2n) is 2.20.